The fraction of sp³-hybridized carbons (Fsp3) is 0.238. The number of likely N-dealkylation sites (N-methyl/N-ethyl adjacent to an activating group) is 1. The van der Waals surface area contributed by atoms with Crippen molar-refractivity contribution in [3.63, 3.8) is 0 Å². The Hall–Kier alpha value is -2.76. The topological polar surface area (TPSA) is 54.5 Å². The van der Waals surface area contributed by atoms with E-state index < -0.39 is 0 Å². The smallest absolute Gasteiger partial charge is 0.246 e. The lowest BCUT2D eigenvalue weighted by Crippen LogP contribution is -2.32. The predicted molar refractivity (Wildman–Crippen MR) is 104 cm³/mol. The van der Waals surface area contributed by atoms with Crippen molar-refractivity contribution in [2.45, 2.75) is 12.6 Å². The number of amides is 1. The van der Waals surface area contributed by atoms with Gasteiger partial charge in [-0.2, -0.15) is 0 Å². The highest BCUT2D eigenvalue weighted by molar-refractivity contribution is 5.97. The second kappa shape index (κ2) is 8.08. The second-order valence-electron chi connectivity index (χ2n) is 6.47. The standard InChI is InChI=1S/C21H23N3O2/c1-24(2)20(16-6-4-15(5-7-16)14-26-3)21(25)23-19-9-8-18-13-22-11-10-17(18)12-19/h4-13,20H,14H2,1-3H3,(H,23,25). The fourth-order valence-corrected chi connectivity index (χ4v) is 3.02. The zero-order valence-electron chi connectivity index (χ0n) is 15.3. The van der Waals surface area contributed by atoms with Crippen molar-refractivity contribution in [2.24, 2.45) is 0 Å². The molecule has 5 heteroatoms. The molecule has 0 bridgehead atoms. The van der Waals surface area contributed by atoms with Crippen LogP contribution in [-0.2, 0) is 16.1 Å². The number of ether oxygens (including phenoxy) is 1. The summed E-state index contributed by atoms with van der Waals surface area (Å²) in [5.74, 6) is -0.0668. The molecule has 0 saturated carbocycles. The number of benzene rings is 2. The van der Waals surface area contributed by atoms with Gasteiger partial charge < -0.3 is 10.1 Å². The predicted octanol–water partition coefficient (Wildman–Crippen LogP) is 3.62. The van der Waals surface area contributed by atoms with Gasteiger partial charge in [0.25, 0.3) is 0 Å². The lowest BCUT2D eigenvalue weighted by molar-refractivity contribution is -0.120. The molecule has 0 aliphatic rings. The third kappa shape index (κ3) is 4.07. The van der Waals surface area contributed by atoms with Crippen LogP contribution in [0.15, 0.2) is 60.9 Å². The van der Waals surface area contributed by atoms with Gasteiger partial charge in [-0.05, 0) is 48.8 Å². The lowest BCUT2D eigenvalue weighted by Gasteiger charge is -2.24. The van der Waals surface area contributed by atoms with Crippen LogP contribution in [0.2, 0.25) is 0 Å². The number of pyridine rings is 1. The van der Waals surface area contributed by atoms with Crippen LogP contribution < -0.4 is 5.32 Å². The number of hydrogen-bond acceptors (Lipinski definition) is 4. The van der Waals surface area contributed by atoms with Gasteiger partial charge >= 0.3 is 0 Å². The minimum absolute atomic E-state index is 0.0668. The zero-order valence-corrected chi connectivity index (χ0v) is 15.3. The van der Waals surface area contributed by atoms with Crippen LogP contribution in [0.25, 0.3) is 10.8 Å². The van der Waals surface area contributed by atoms with Crippen LogP contribution >= 0.6 is 0 Å². The summed E-state index contributed by atoms with van der Waals surface area (Å²) < 4.78 is 5.14. The molecule has 1 aromatic heterocycles. The maximum Gasteiger partial charge on any atom is 0.246 e. The van der Waals surface area contributed by atoms with Crippen molar-refractivity contribution in [1.82, 2.24) is 9.88 Å². The van der Waals surface area contributed by atoms with Crippen LogP contribution in [0, 0.1) is 0 Å². The third-order valence-corrected chi connectivity index (χ3v) is 4.28. The summed E-state index contributed by atoms with van der Waals surface area (Å²) in [5.41, 5.74) is 2.80. The molecule has 1 atom stereocenters. The molecule has 1 N–H and O–H groups in total. The van der Waals surface area contributed by atoms with Gasteiger partial charge in [-0.25, -0.2) is 0 Å². The van der Waals surface area contributed by atoms with Crippen LogP contribution in [0.3, 0.4) is 0 Å². The number of carbonyl (C=O) groups is 1. The maximum absolute atomic E-state index is 12.9. The molecular weight excluding hydrogens is 326 g/mol. The highest BCUT2D eigenvalue weighted by atomic mass is 16.5. The Balaban J connectivity index is 1.81. The average molecular weight is 349 g/mol. The van der Waals surface area contributed by atoms with Crippen molar-refractivity contribution in [2.75, 3.05) is 26.5 Å². The second-order valence-corrected chi connectivity index (χ2v) is 6.47. The molecule has 5 nitrogen and oxygen atoms in total. The summed E-state index contributed by atoms with van der Waals surface area (Å²) in [6.07, 6.45) is 3.56. The van der Waals surface area contributed by atoms with Crippen LogP contribution in [0.1, 0.15) is 17.2 Å². The molecule has 0 aliphatic carbocycles. The van der Waals surface area contributed by atoms with Gasteiger partial charge in [-0.3, -0.25) is 14.7 Å². The summed E-state index contributed by atoms with van der Waals surface area (Å²) in [5, 5.41) is 5.12. The van der Waals surface area contributed by atoms with Gasteiger partial charge in [-0.15, -0.1) is 0 Å². The number of nitrogens with one attached hydrogen (secondary N) is 1. The number of fused-ring (bicyclic) bond motifs is 1. The van der Waals surface area contributed by atoms with Crippen LogP contribution in [0.4, 0.5) is 5.69 Å². The number of aromatic nitrogens is 1. The van der Waals surface area contributed by atoms with E-state index in [-0.39, 0.29) is 11.9 Å². The Bertz CT molecular complexity index is 891. The van der Waals surface area contributed by atoms with E-state index in [9.17, 15) is 4.79 Å². The highest BCUT2D eigenvalue weighted by Gasteiger charge is 2.23. The Morgan fingerprint density at radius 1 is 1.12 bits per heavy atom. The summed E-state index contributed by atoms with van der Waals surface area (Å²) in [7, 11) is 5.47. The van der Waals surface area contributed by atoms with Crippen molar-refractivity contribution < 1.29 is 9.53 Å². The van der Waals surface area contributed by atoms with Gasteiger partial charge in [0, 0.05) is 30.6 Å². The van der Waals surface area contributed by atoms with E-state index in [0.29, 0.717) is 6.61 Å². The first kappa shape index (κ1) is 18.0. The molecular formula is C21H23N3O2. The van der Waals surface area contributed by atoms with E-state index in [1.54, 1.807) is 13.3 Å². The van der Waals surface area contributed by atoms with E-state index in [1.165, 1.54) is 0 Å². The molecule has 3 aromatic rings. The average Bonchev–Trinajstić information content (AvgIpc) is 2.63. The lowest BCUT2D eigenvalue weighted by atomic mass is 10.0. The first-order valence-corrected chi connectivity index (χ1v) is 8.47. The number of rotatable bonds is 6. The molecule has 2 aromatic carbocycles. The number of anilines is 1. The van der Waals surface area contributed by atoms with Crippen molar-refractivity contribution in [3.8, 4) is 0 Å². The first-order chi connectivity index (χ1) is 12.6. The number of carbonyl (C=O) groups excluding carboxylic acids is 1. The molecule has 0 aliphatic heterocycles. The van der Waals surface area contributed by atoms with Crippen molar-refractivity contribution in [3.05, 3.63) is 72.1 Å². The van der Waals surface area contributed by atoms with E-state index in [4.69, 9.17) is 4.74 Å². The van der Waals surface area contributed by atoms with Crippen LogP contribution in [0.5, 0.6) is 0 Å². The molecule has 0 radical (unpaired) electrons. The van der Waals surface area contributed by atoms with Crippen molar-refractivity contribution in [1.29, 1.82) is 0 Å². The van der Waals surface area contributed by atoms with Crippen molar-refractivity contribution >= 4 is 22.4 Å². The van der Waals surface area contributed by atoms with Gasteiger partial charge in [0.05, 0.1) is 6.61 Å². The van der Waals surface area contributed by atoms with Crippen LogP contribution in [-0.4, -0.2) is 37.0 Å². The number of methoxy groups -OCH3 is 1. The van der Waals surface area contributed by atoms with Gasteiger partial charge in [-0.1, -0.05) is 30.3 Å². The first-order valence-electron chi connectivity index (χ1n) is 8.47. The normalized spacial score (nSPS) is 12.3. The monoisotopic (exact) mass is 349 g/mol. The Kier molecular flexibility index (Phi) is 5.61. The Morgan fingerprint density at radius 2 is 1.88 bits per heavy atom. The number of nitrogens with zero attached hydrogens (tertiary/aromatic N) is 2. The largest absolute Gasteiger partial charge is 0.380 e. The molecule has 1 amide bonds. The molecule has 26 heavy (non-hydrogen) atoms. The van der Waals surface area contributed by atoms with E-state index in [0.717, 1.165) is 27.6 Å². The maximum atomic E-state index is 12.9. The highest BCUT2D eigenvalue weighted by Crippen LogP contribution is 2.23. The molecule has 134 valence electrons. The van der Waals surface area contributed by atoms with Gasteiger partial charge in [0.2, 0.25) is 5.91 Å². The van der Waals surface area contributed by atoms with Gasteiger partial charge in [0.1, 0.15) is 6.04 Å². The van der Waals surface area contributed by atoms with E-state index in [2.05, 4.69) is 10.3 Å². The SMILES string of the molecule is COCc1ccc(C(C(=O)Nc2ccc3cnccc3c2)N(C)C)cc1. The molecule has 0 spiro atoms. The molecule has 0 saturated heterocycles. The molecule has 3 rings (SSSR count). The molecule has 1 unspecified atom stereocenters. The number of hydrogen-bond donors (Lipinski definition) is 1. The summed E-state index contributed by atoms with van der Waals surface area (Å²) in [4.78, 5) is 18.9. The van der Waals surface area contributed by atoms with E-state index >= 15 is 0 Å². The summed E-state index contributed by atoms with van der Waals surface area (Å²) in [6.45, 7) is 0.561. The Labute approximate surface area is 153 Å². The Morgan fingerprint density at radius 3 is 2.58 bits per heavy atom. The molecule has 0 fully saturated rings. The minimum atomic E-state index is -0.375. The summed E-state index contributed by atoms with van der Waals surface area (Å²) in [6, 6.07) is 15.3. The quantitative estimate of drug-likeness (QED) is 0.738. The zero-order chi connectivity index (χ0) is 18.5. The van der Waals surface area contributed by atoms with Gasteiger partial charge in [0.15, 0.2) is 0 Å². The molecule has 1 heterocycles. The minimum Gasteiger partial charge on any atom is -0.380 e. The summed E-state index contributed by atoms with van der Waals surface area (Å²) >= 11 is 0. The fourth-order valence-electron chi connectivity index (χ4n) is 3.02. The third-order valence-electron chi connectivity index (χ3n) is 4.28. The van der Waals surface area contributed by atoms with E-state index in [1.807, 2.05) is 73.7 Å².